The van der Waals surface area contributed by atoms with Gasteiger partial charge < -0.3 is 19.7 Å². The molecule has 40 heavy (non-hydrogen) atoms. The van der Waals surface area contributed by atoms with Crippen LogP contribution < -0.4 is 5.32 Å². The van der Waals surface area contributed by atoms with Gasteiger partial charge in [-0.15, -0.1) is 11.8 Å². The van der Waals surface area contributed by atoms with Crippen LogP contribution in [0.4, 0.5) is 0 Å². The van der Waals surface area contributed by atoms with Gasteiger partial charge in [0.15, 0.2) is 0 Å². The number of aromatic nitrogens is 1. The molecule has 202 valence electrons. The maximum Gasteiger partial charge on any atom is 0.340 e. The molecule has 0 spiro atoms. The number of hydrogen-bond acceptors (Lipinski definition) is 5. The molecule has 0 amide bonds. The summed E-state index contributed by atoms with van der Waals surface area (Å²) >= 11 is 1.69. The number of hydrogen-bond donors (Lipinski definition) is 2. The molecule has 1 aliphatic rings. The van der Waals surface area contributed by atoms with Crippen molar-refractivity contribution < 1.29 is 14.6 Å². The molecule has 0 fully saturated rings. The Bertz CT molecular complexity index is 1720. The van der Waals surface area contributed by atoms with Gasteiger partial charge in [-0.3, -0.25) is 0 Å². The van der Waals surface area contributed by atoms with E-state index in [1.54, 1.807) is 17.8 Å². The Balaban J connectivity index is 1.58. The van der Waals surface area contributed by atoms with E-state index in [1.807, 2.05) is 25.1 Å². The highest BCUT2D eigenvalue weighted by Crippen LogP contribution is 2.39. The maximum atomic E-state index is 13.5. The number of nitrogens with one attached hydrogen (secondary N) is 1. The summed E-state index contributed by atoms with van der Waals surface area (Å²) in [5.74, 6) is 0.414. The zero-order chi connectivity index (χ0) is 27.5. The van der Waals surface area contributed by atoms with Gasteiger partial charge in [0.05, 0.1) is 17.7 Å². The van der Waals surface area contributed by atoms with Gasteiger partial charge in [-0.2, -0.15) is 0 Å². The number of nitrogens with zero attached hydrogens (tertiary/aromatic N) is 1. The van der Waals surface area contributed by atoms with Gasteiger partial charge in [-0.25, -0.2) is 4.79 Å². The van der Waals surface area contributed by atoms with Crippen LogP contribution in [0.5, 0.6) is 5.75 Å². The van der Waals surface area contributed by atoms with Gasteiger partial charge in [0.1, 0.15) is 5.75 Å². The van der Waals surface area contributed by atoms with Gasteiger partial charge in [0.25, 0.3) is 0 Å². The molecule has 6 rings (SSSR count). The topological polar surface area (TPSA) is 63.5 Å². The summed E-state index contributed by atoms with van der Waals surface area (Å²) in [5.41, 5.74) is 5.46. The van der Waals surface area contributed by atoms with E-state index in [9.17, 15) is 9.90 Å². The van der Waals surface area contributed by atoms with Crippen LogP contribution in [0, 0.1) is 0 Å². The standard InChI is InChI=1S/C34H32N2O3S/c1-2-39-34(38)33-29-20-32(37)28(24-15-17-35-18-16-24)19-30(29)36(31(33)22-40-26-12-4-3-5-13-26)21-25-11-8-10-23-9-6-7-14-27(23)25/h3-15,19-20,35,37H,2,16-18,21-22H2,1H3. The zero-order valence-electron chi connectivity index (χ0n) is 22.5. The number of thioether (sulfide) groups is 1. The minimum absolute atomic E-state index is 0.191. The molecule has 2 heterocycles. The van der Waals surface area contributed by atoms with Crippen LogP contribution in [-0.4, -0.2) is 35.3 Å². The van der Waals surface area contributed by atoms with Crippen molar-refractivity contribution in [2.75, 3.05) is 19.7 Å². The van der Waals surface area contributed by atoms with Crippen molar-refractivity contribution in [2.24, 2.45) is 0 Å². The van der Waals surface area contributed by atoms with E-state index >= 15 is 0 Å². The van der Waals surface area contributed by atoms with E-state index in [0.29, 0.717) is 17.9 Å². The molecule has 0 radical (unpaired) electrons. The number of carbonyl (C=O) groups excluding carboxylic acids is 1. The first-order chi connectivity index (χ1) is 19.6. The number of rotatable bonds is 8. The Labute approximate surface area is 238 Å². The highest BCUT2D eigenvalue weighted by Gasteiger charge is 2.26. The fraction of sp³-hybridized carbons (Fsp3) is 0.206. The molecule has 1 aromatic heterocycles. The number of phenolic OH excluding ortho intramolecular Hbond substituents is 1. The van der Waals surface area contributed by atoms with Crippen molar-refractivity contribution in [3.63, 3.8) is 0 Å². The molecular weight excluding hydrogens is 516 g/mol. The maximum absolute atomic E-state index is 13.5. The molecule has 0 saturated carbocycles. The third-order valence-electron chi connectivity index (χ3n) is 7.51. The monoisotopic (exact) mass is 548 g/mol. The lowest BCUT2D eigenvalue weighted by Crippen LogP contribution is -2.20. The van der Waals surface area contributed by atoms with Crippen molar-refractivity contribution >= 4 is 45.0 Å². The number of phenols is 1. The third-order valence-corrected chi connectivity index (χ3v) is 8.53. The number of ether oxygens (including phenoxy) is 1. The molecule has 6 heteroatoms. The van der Waals surface area contributed by atoms with Crippen molar-refractivity contribution in [2.45, 2.75) is 30.5 Å². The number of carbonyl (C=O) groups is 1. The fourth-order valence-electron chi connectivity index (χ4n) is 5.59. The Hall–Kier alpha value is -4.00. The number of esters is 1. The van der Waals surface area contributed by atoms with Crippen LogP contribution >= 0.6 is 11.8 Å². The van der Waals surface area contributed by atoms with Crippen molar-refractivity contribution in [3.05, 3.63) is 113 Å². The van der Waals surface area contributed by atoms with E-state index in [2.05, 4.69) is 76.6 Å². The zero-order valence-corrected chi connectivity index (χ0v) is 23.3. The van der Waals surface area contributed by atoms with Crippen LogP contribution in [0.15, 0.2) is 95.9 Å². The number of benzene rings is 4. The lowest BCUT2D eigenvalue weighted by molar-refractivity contribution is 0.0527. The molecule has 5 aromatic rings. The molecule has 0 saturated heterocycles. The summed E-state index contributed by atoms with van der Waals surface area (Å²) in [6.07, 6.45) is 2.98. The van der Waals surface area contributed by atoms with Crippen molar-refractivity contribution in [3.8, 4) is 5.75 Å². The first kappa shape index (κ1) is 26.2. The van der Waals surface area contributed by atoms with Crippen LogP contribution in [-0.2, 0) is 17.0 Å². The average molecular weight is 549 g/mol. The Morgan fingerprint density at radius 2 is 1.80 bits per heavy atom. The summed E-state index contributed by atoms with van der Waals surface area (Å²) in [4.78, 5) is 14.6. The Morgan fingerprint density at radius 3 is 2.60 bits per heavy atom. The second-order valence-corrected chi connectivity index (χ2v) is 11.0. The minimum Gasteiger partial charge on any atom is -0.507 e. The summed E-state index contributed by atoms with van der Waals surface area (Å²) < 4.78 is 7.84. The van der Waals surface area contributed by atoms with Gasteiger partial charge in [-0.05, 0) is 66.1 Å². The second-order valence-electron chi connectivity index (χ2n) is 9.94. The largest absolute Gasteiger partial charge is 0.507 e. The van der Waals surface area contributed by atoms with Gasteiger partial charge in [0.2, 0.25) is 0 Å². The Kier molecular flexibility index (Phi) is 7.62. The summed E-state index contributed by atoms with van der Waals surface area (Å²) in [6, 6.07) is 28.8. The smallest absolute Gasteiger partial charge is 0.340 e. The van der Waals surface area contributed by atoms with Crippen LogP contribution in [0.1, 0.15) is 40.5 Å². The predicted octanol–water partition coefficient (Wildman–Crippen LogP) is 7.39. The molecule has 5 nitrogen and oxygen atoms in total. The van der Waals surface area contributed by atoms with E-state index in [0.717, 1.165) is 52.1 Å². The Morgan fingerprint density at radius 1 is 1.00 bits per heavy atom. The molecular formula is C34H32N2O3S. The summed E-state index contributed by atoms with van der Waals surface area (Å²) in [7, 11) is 0. The molecule has 0 unspecified atom stereocenters. The molecule has 2 N–H and O–H groups in total. The van der Waals surface area contributed by atoms with Crippen LogP contribution in [0.2, 0.25) is 0 Å². The van der Waals surface area contributed by atoms with E-state index in [-0.39, 0.29) is 18.3 Å². The molecule has 0 aliphatic carbocycles. The van der Waals surface area contributed by atoms with Crippen LogP contribution in [0.3, 0.4) is 0 Å². The second kappa shape index (κ2) is 11.6. The molecule has 1 aliphatic heterocycles. The van der Waals surface area contributed by atoms with Crippen molar-refractivity contribution in [1.82, 2.24) is 9.88 Å². The van der Waals surface area contributed by atoms with E-state index in [4.69, 9.17) is 4.74 Å². The molecule has 0 bridgehead atoms. The SMILES string of the molecule is CCOC(=O)c1c(CSc2ccccc2)n(Cc2cccc3ccccc23)c2cc(C3=CCNCC3)c(O)cc12. The van der Waals surface area contributed by atoms with Gasteiger partial charge in [0, 0.05) is 40.4 Å². The normalized spacial score (nSPS) is 13.5. The van der Waals surface area contributed by atoms with Crippen LogP contribution in [0.25, 0.3) is 27.2 Å². The van der Waals surface area contributed by atoms with E-state index < -0.39 is 0 Å². The number of fused-ring (bicyclic) bond motifs is 2. The van der Waals surface area contributed by atoms with Gasteiger partial charge >= 0.3 is 5.97 Å². The lowest BCUT2D eigenvalue weighted by atomic mass is 9.97. The fourth-order valence-corrected chi connectivity index (χ4v) is 6.54. The first-order valence-corrected chi connectivity index (χ1v) is 14.7. The minimum atomic E-state index is -0.360. The summed E-state index contributed by atoms with van der Waals surface area (Å²) in [5, 5.41) is 17.6. The molecule has 4 aromatic carbocycles. The average Bonchev–Trinajstić information content (AvgIpc) is 3.28. The predicted molar refractivity (Wildman–Crippen MR) is 164 cm³/mol. The summed E-state index contributed by atoms with van der Waals surface area (Å²) in [6.45, 7) is 4.34. The highest BCUT2D eigenvalue weighted by molar-refractivity contribution is 7.98. The third kappa shape index (κ3) is 5.12. The lowest BCUT2D eigenvalue weighted by Gasteiger charge is -2.17. The molecule has 0 atom stereocenters. The quantitative estimate of drug-likeness (QED) is 0.156. The van der Waals surface area contributed by atoms with Crippen molar-refractivity contribution in [1.29, 1.82) is 0 Å². The number of aromatic hydroxyl groups is 1. The van der Waals surface area contributed by atoms with E-state index in [1.165, 1.54) is 16.3 Å². The first-order valence-electron chi connectivity index (χ1n) is 13.7. The highest BCUT2D eigenvalue weighted by atomic mass is 32.2. The van der Waals surface area contributed by atoms with Gasteiger partial charge in [-0.1, -0.05) is 66.7 Å².